The molecule has 7 heteroatoms. The summed E-state index contributed by atoms with van der Waals surface area (Å²) in [6.45, 7) is 0.118. The Bertz CT molecular complexity index is 591. The van der Waals surface area contributed by atoms with Crippen molar-refractivity contribution in [2.24, 2.45) is 0 Å². The van der Waals surface area contributed by atoms with Crippen molar-refractivity contribution in [2.45, 2.75) is 19.3 Å². The third kappa shape index (κ3) is 3.44. The molecule has 1 aromatic heterocycles. The van der Waals surface area contributed by atoms with Crippen LogP contribution in [0, 0.1) is 0 Å². The van der Waals surface area contributed by atoms with Crippen molar-refractivity contribution in [1.29, 1.82) is 0 Å². The van der Waals surface area contributed by atoms with E-state index in [1.807, 2.05) is 0 Å². The molecular formula is C12H13ClN2O4. The number of aliphatic hydroxyl groups is 1. The van der Waals surface area contributed by atoms with Gasteiger partial charge in [-0.25, -0.2) is 4.79 Å². The van der Waals surface area contributed by atoms with Crippen LogP contribution >= 0.6 is 11.6 Å². The molecule has 0 saturated carbocycles. The van der Waals surface area contributed by atoms with Crippen LogP contribution in [0.4, 0.5) is 0 Å². The van der Waals surface area contributed by atoms with Gasteiger partial charge >= 0.3 is 5.76 Å². The molecule has 1 unspecified atom stereocenters. The van der Waals surface area contributed by atoms with Crippen LogP contribution in [0.15, 0.2) is 33.5 Å². The lowest BCUT2D eigenvalue weighted by molar-refractivity contribution is 0.148. The number of aliphatic hydroxyl groups excluding tert-OH is 1. The third-order valence-corrected chi connectivity index (χ3v) is 2.77. The Balaban J connectivity index is 2.12. The summed E-state index contributed by atoms with van der Waals surface area (Å²) in [7, 11) is 1.47. The van der Waals surface area contributed by atoms with E-state index in [1.165, 1.54) is 7.11 Å². The fourth-order valence-corrected chi connectivity index (χ4v) is 1.73. The topological polar surface area (TPSA) is 77.5 Å². The monoisotopic (exact) mass is 284 g/mol. The normalized spacial score (nSPS) is 12.6. The molecule has 1 aromatic carbocycles. The van der Waals surface area contributed by atoms with Gasteiger partial charge in [0, 0.05) is 12.1 Å². The molecule has 1 atom stereocenters. The second-order valence-corrected chi connectivity index (χ2v) is 4.38. The van der Waals surface area contributed by atoms with Crippen LogP contribution in [-0.2, 0) is 17.9 Å². The van der Waals surface area contributed by atoms with Crippen LogP contribution < -0.4 is 5.76 Å². The number of aromatic nitrogens is 2. The number of halogens is 1. The molecule has 1 N–H and O–H groups in total. The van der Waals surface area contributed by atoms with E-state index in [1.54, 1.807) is 24.3 Å². The second-order valence-electron chi connectivity index (χ2n) is 3.94. The first-order valence-electron chi connectivity index (χ1n) is 5.59. The van der Waals surface area contributed by atoms with Gasteiger partial charge in [0.05, 0.1) is 12.6 Å². The summed E-state index contributed by atoms with van der Waals surface area (Å²) in [4.78, 5) is 11.5. The summed E-state index contributed by atoms with van der Waals surface area (Å²) >= 11 is 5.76. The summed E-state index contributed by atoms with van der Waals surface area (Å²) in [5.74, 6) is -0.448. The average Bonchev–Trinajstić information content (AvgIpc) is 2.71. The minimum absolute atomic E-state index is 0.00762. The van der Waals surface area contributed by atoms with Gasteiger partial charge in [0.15, 0.2) is 0 Å². The highest BCUT2D eigenvalue weighted by Gasteiger charge is 2.13. The number of ether oxygens (including phenoxy) is 1. The molecule has 19 heavy (non-hydrogen) atoms. The SMILES string of the molecule is COCc1nn(CC(O)c2ccc(Cl)cc2)c(=O)o1. The first kappa shape index (κ1) is 13.8. The Labute approximate surface area is 114 Å². The van der Waals surface area contributed by atoms with Crippen molar-refractivity contribution in [3.8, 4) is 0 Å². The smallest absolute Gasteiger partial charge is 0.390 e. The lowest BCUT2D eigenvalue weighted by Crippen LogP contribution is -2.20. The fourth-order valence-electron chi connectivity index (χ4n) is 1.60. The van der Waals surface area contributed by atoms with Gasteiger partial charge in [0.2, 0.25) is 5.89 Å². The third-order valence-electron chi connectivity index (χ3n) is 2.52. The molecule has 0 spiro atoms. The van der Waals surface area contributed by atoms with E-state index in [-0.39, 0.29) is 19.0 Å². The highest BCUT2D eigenvalue weighted by molar-refractivity contribution is 6.30. The number of hydrogen-bond acceptors (Lipinski definition) is 5. The van der Waals surface area contributed by atoms with Crippen LogP contribution in [0.2, 0.25) is 5.02 Å². The number of nitrogens with zero attached hydrogens (tertiary/aromatic N) is 2. The number of hydrogen-bond donors (Lipinski definition) is 1. The Morgan fingerprint density at radius 2 is 2.16 bits per heavy atom. The van der Waals surface area contributed by atoms with Gasteiger partial charge in [-0.2, -0.15) is 4.68 Å². The van der Waals surface area contributed by atoms with Crippen LogP contribution in [0.25, 0.3) is 0 Å². The van der Waals surface area contributed by atoms with Gasteiger partial charge < -0.3 is 14.3 Å². The molecule has 102 valence electrons. The maximum absolute atomic E-state index is 11.5. The van der Waals surface area contributed by atoms with Crippen molar-refractivity contribution < 1.29 is 14.3 Å². The van der Waals surface area contributed by atoms with Gasteiger partial charge in [-0.15, -0.1) is 5.10 Å². The van der Waals surface area contributed by atoms with Crippen molar-refractivity contribution in [3.63, 3.8) is 0 Å². The summed E-state index contributed by atoms with van der Waals surface area (Å²) in [5, 5.41) is 14.5. The molecule has 1 heterocycles. The zero-order valence-corrected chi connectivity index (χ0v) is 11.0. The average molecular weight is 285 g/mol. The molecular weight excluding hydrogens is 272 g/mol. The van der Waals surface area contributed by atoms with E-state index >= 15 is 0 Å². The van der Waals surface area contributed by atoms with Gasteiger partial charge in [-0.1, -0.05) is 23.7 Å². The first-order chi connectivity index (χ1) is 9.10. The van der Waals surface area contributed by atoms with Gasteiger partial charge in [0.25, 0.3) is 0 Å². The van der Waals surface area contributed by atoms with Gasteiger partial charge in [-0.3, -0.25) is 0 Å². The standard InChI is InChI=1S/C12H13ClN2O4/c1-18-7-11-14-15(12(17)19-11)6-10(16)8-2-4-9(13)5-3-8/h2-5,10,16H,6-7H2,1H3. The molecule has 0 aliphatic rings. The minimum Gasteiger partial charge on any atom is -0.390 e. The molecule has 0 fully saturated rings. The molecule has 0 bridgehead atoms. The number of rotatable bonds is 5. The van der Waals surface area contributed by atoms with Crippen LogP contribution in [0.5, 0.6) is 0 Å². The zero-order chi connectivity index (χ0) is 13.8. The molecule has 0 saturated heterocycles. The van der Waals surface area contributed by atoms with Crippen LogP contribution in [0.1, 0.15) is 17.6 Å². The van der Waals surface area contributed by atoms with Gasteiger partial charge in [-0.05, 0) is 17.7 Å². The fraction of sp³-hybridized carbons (Fsp3) is 0.333. The summed E-state index contributed by atoms with van der Waals surface area (Å²) in [6.07, 6.45) is -0.865. The van der Waals surface area contributed by atoms with E-state index in [0.717, 1.165) is 4.68 Å². The van der Waals surface area contributed by atoms with Crippen LogP contribution in [-0.4, -0.2) is 22.0 Å². The molecule has 2 aromatic rings. The van der Waals surface area contributed by atoms with Crippen molar-refractivity contribution in [1.82, 2.24) is 9.78 Å². The lowest BCUT2D eigenvalue weighted by Gasteiger charge is -2.09. The van der Waals surface area contributed by atoms with Gasteiger partial charge in [0.1, 0.15) is 6.61 Å². The van der Waals surface area contributed by atoms with Crippen molar-refractivity contribution in [2.75, 3.05) is 7.11 Å². The van der Waals surface area contributed by atoms with E-state index < -0.39 is 11.9 Å². The maximum Gasteiger partial charge on any atom is 0.437 e. The van der Waals surface area contributed by atoms with E-state index in [0.29, 0.717) is 10.6 Å². The molecule has 0 amide bonds. The molecule has 0 aliphatic carbocycles. The Morgan fingerprint density at radius 1 is 1.47 bits per heavy atom. The maximum atomic E-state index is 11.5. The molecule has 2 rings (SSSR count). The number of methoxy groups -OCH3 is 1. The van der Waals surface area contributed by atoms with E-state index in [9.17, 15) is 9.90 Å². The Kier molecular flexibility index (Phi) is 4.36. The van der Waals surface area contributed by atoms with E-state index in [4.69, 9.17) is 20.8 Å². The molecule has 0 aliphatic heterocycles. The number of benzene rings is 1. The zero-order valence-electron chi connectivity index (χ0n) is 10.2. The summed E-state index contributed by atoms with van der Waals surface area (Å²) in [6, 6.07) is 6.71. The summed E-state index contributed by atoms with van der Waals surface area (Å²) in [5.41, 5.74) is 0.646. The van der Waals surface area contributed by atoms with Crippen molar-refractivity contribution in [3.05, 3.63) is 51.3 Å². The highest BCUT2D eigenvalue weighted by Crippen LogP contribution is 2.17. The predicted molar refractivity (Wildman–Crippen MR) is 67.9 cm³/mol. The predicted octanol–water partition coefficient (Wildman–Crippen LogP) is 1.37. The quantitative estimate of drug-likeness (QED) is 0.897. The first-order valence-corrected chi connectivity index (χ1v) is 5.97. The molecule has 0 radical (unpaired) electrons. The van der Waals surface area contributed by atoms with Crippen molar-refractivity contribution >= 4 is 11.6 Å². The summed E-state index contributed by atoms with van der Waals surface area (Å²) < 4.78 is 10.7. The Morgan fingerprint density at radius 3 is 2.79 bits per heavy atom. The largest absolute Gasteiger partial charge is 0.437 e. The van der Waals surface area contributed by atoms with Crippen LogP contribution in [0.3, 0.4) is 0 Å². The van der Waals surface area contributed by atoms with E-state index in [2.05, 4.69) is 5.10 Å². The minimum atomic E-state index is -0.865. The molecule has 6 nitrogen and oxygen atoms in total. The Hall–Kier alpha value is -1.63. The lowest BCUT2D eigenvalue weighted by atomic mass is 10.1. The second kappa shape index (κ2) is 6.01. The highest BCUT2D eigenvalue weighted by atomic mass is 35.5.